The third-order valence-electron chi connectivity index (χ3n) is 4.74. The summed E-state index contributed by atoms with van der Waals surface area (Å²) in [6, 6.07) is 8.43. The minimum Gasteiger partial charge on any atom is -0.453 e. The van der Waals surface area contributed by atoms with Crippen LogP contribution in [0.15, 0.2) is 24.3 Å². The van der Waals surface area contributed by atoms with Gasteiger partial charge >= 0.3 is 6.09 Å². The van der Waals surface area contributed by atoms with Gasteiger partial charge in [0, 0.05) is 32.6 Å². The van der Waals surface area contributed by atoms with Crippen LogP contribution in [0.2, 0.25) is 0 Å². The predicted octanol–water partition coefficient (Wildman–Crippen LogP) is 2.02. The lowest BCUT2D eigenvalue weighted by molar-refractivity contribution is -0.133. The zero-order valence-corrected chi connectivity index (χ0v) is 13.0. The van der Waals surface area contributed by atoms with E-state index in [4.69, 9.17) is 4.74 Å². The summed E-state index contributed by atoms with van der Waals surface area (Å²) in [5, 5.41) is 0. The monoisotopic (exact) mass is 302 g/mol. The van der Waals surface area contributed by atoms with E-state index >= 15 is 0 Å². The molecule has 0 aromatic heterocycles. The summed E-state index contributed by atoms with van der Waals surface area (Å²) in [4.78, 5) is 27.5. The van der Waals surface area contributed by atoms with Crippen LogP contribution in [-0.4, -0.2) is 55.1 Å². The zero-order chi connectivity index (χ0) is 15.5. The molecule has 0 radical (unpaired) electrons. The van der Waals surface area contributed by atoms with Crippen LogP contribution in [0.5, 0.6) is 0 Å². The van der Waals surface area contributed by atoms with E-state index in [1.54, 1.807) is 4.90 Å². The molecule has 2 aliphatic rings. The zero-order valence-electron chi connectivity index (χ0n) is 13.0. The number of amides is 2. The topological polar surface area (TPSA) is 49.9 Å². The van der Waals surface area contributed by atoms with Crippen molar-refractivity contribution in [3.05, 3.63) is 35.4 Å². The van der Waals surface area contributed by atoms with Crippen molar-refractivity contribution < 1.29 is 14.3 Å². The standard InChI is InChI=1S/C17H22N2O3/c1-22-17(21)19-10-8-18(9-11-19)16(20)12-14-7-6-13-4-2-3-5-15(13)14/h2-5,14H,6-12H2,1H3. The Morgan fingerprint density at radius 2 is 1.82 bits per heavy atom. The lowest BCUT2D eigenvalue weighted by atomic mass is 9.97. The Morgan fingerprint density at radius 3 is 2.55 bits per heavy atom. The highest BCUT2D eigenvalue weighted by Crippen LogP contribution is 2.35. The molecule has 2 amide bonds. The third kappa shape index (κ3) is 2.93. The van der Waals surface area contributed by atoms with Crippen LogP contribution < -0.4 is 0 Å². The fourth-order valence-electron chi connectivity index (χ4n) is 3.46. The van der Waals surface area contributed by atoms with Crippen molar-refractivity contribution >= 4 is 12.0 Å². The minimum atomic E-state index is -0.309. The predicted molar refractivity (Wildman–Crippen MR) is 82.7 cm³/mol. The van der Waals surface area contributed by atoms with E-state index in [9.17, 15) is 9.59 Å². The molecular formula is C17H22N2O3. The molecule has 1 heterocycles. The first-order valence-electron chi connectivity index (χ1n) is 7.87. The Labute approximate surface area is 130 Å². The number of benzene rings is 1. The first-order valence-corrected chi connectivity index (χ1v) is 7.87. The van der Waals surface area contributed by atoms with E-state index in [-0.39, 0.29) is 12.0 Å². The first kappa shape index (κ1) is 14.9. The number of rotatable bonds is 2. The van der Waals surface area contributed by atoms with Gasteiger partial charge in [-0.2, -0.15) is 0 Å². The van der Waals surface area contributed by atoms with Gasteiger partial charge in [-0.25, -0.2) is 4.79 Å². The van der Waals surface area contributed by atoms with Gasteiger partial charge in [0.25, 0.3) is 0 Å². The second-order valence-corrected chi connectivity index (χ2v) is 5.98. The molecule has 0 bridgehead atoms. The lowest BCUT2D eigenvalue weighted by Crippen LogP contribution is -2.50. The molecule has 0 N–H and O–H groups in total. The Balaban J connectivity index is 1.55. The molecule has 5 heteroatoms. The SMILES string of the molecule is COC(=O)N1CCN(C(=O)CC2CCc3ccccc32)CC1. The van der Waals surface area contributed by atoms with E-state index < -0.39 is 0 Å². The largest absolute Gasteiger partial charge is 0.453 e. The molecule has 1 saturated heterocycles. The van der Waals surface area contributed by atoms with Gasteiger partial charge in [0.1, 0.15) is 0 Å². The third-order valence-corrected chi connectivity index (χ3v) is 4.74. The maximum absolute atomic E-state index is 12.5. The average Bonchev–Trinajstić information content (AvgIpc) is 2.97. The van der Waals surface area contributed by atoms with E-state index in [1.165, 1.54) is 18.2 Å². The Bertz CT molecular complexity index is 565. The van der Waals surface area contributed by atoms with Gasteiger partial charge in [0.05, 0.1) is 7.11 Å². The summed E-state index contributed by atoms with van der Waals surface area (Å²) >= 11 is 0. The molecule has 3 rings (SSSR count). The number of carbonyl (C=O) groups excluding carboxylic acids is 2. The average molecular weight is 302 g/mol. The van der Waals surface area contributed by atoms with E-state index in [0.29, 0.717) is 38.5 Å². The van der Waals surface area contributed by atoms with E-state index in [2.05, 4.69) is 24.3 Å². The normalized spacial score (nSPS) is 20.7. The highest BCUT2D eigenvalue weighted by Gasteiger charge is 2.29. The highest BCUT2D eigenvalue weighted by molar-refractivity contribution is 5.78. The second-order valence-electron chi connectivity index (χ2n) is 5.98. The van der Waals surface area contributed by atoms with Crippen molar-refractivity contribution in [1.29, 1.82) is 0 Å². The molecule has 1 aliphatic heterocycles. The molecule has 118 valence electrons. The van der Waals surface area contributed by atoms with Crippen LogP contribution in [0.25, 0.3) is 0 Å². The number of hydrogen-bond acceptors (Lipinski definition) is 3. The molecule has 0 spiro atoms. The molecule has 5 nitrogen and oxygen atoms in total. The lowest BCUT2D eigenvalue weighted by Gasteiger charge is -2.34. The fourth-order valence-corrected chi connectivity index (χ4v) is 3.46. The van der Waals surface area contributed by atoms with Crippen molar-refractivity contribution in [1.82, 2.24) is 9.80 Å². The minimum absolute atomic E-state index is 0.200. The Hall–Kier alpha value is -2.04. The maximum Gasteiger partial charge on any atom is 0.409 e. The number of ether oxygens (including phenoxy) is 1. The molecule has 0 saturated carbocycles. The van der Waals surface area contributed by atoms with Gasteiger partial charge in [0.15, 0.2) is 0 Å². The van der Waals surface area contributed by atoms with Crippen LogP contribution in [-0.2, 0) is 16.0 Å². The van der Waals surface area contributed by atoms with Crippen molar-refractivity contribution in [3.63, 3.8) is 0 Å². The Morgan fingerprint density at radius 1 is 1.14 bits per heavy atom. The van der Waals surface area contributed by atoms with Crippen molar-refractivity contribution in [2.24, 2.45) is 0 Å². The summed E-state index contributed by atoms with van der Waals surface area (Å²) in [7, 11) is 1.39. The molecule has 1 aliphatic carbocycles. The smallest absolute Gasteiger partial charge is 0.409 e. The van der Waals surface area contributed by atoms with Crippen LogP contribution >= 0.6 is 0 Å². The van der Waals surface area contributed by atoms with E-state index in [0.717, 1.165) is 12.8 Å². The summed E-state index contributed by atoms with van der Waals surface area (Å²) in [6.45, 7) is 2.31. The number of hydrogen-bond donors (Lipinski definition) is 0. The van der Waals surface area contributed by atoms with Gasteiger partial charge in [0.2, 0.25) is 5.91 Å². The van der Waals surface area contributed by atoms with Gasteiger partial charge in [-0.1, -0.05) is 24.3 Å². The molecule has 1 atom stereocenters. The Kier molecular flexibility index (Phi) is 4.32. The van der Waals surface area contributed by atoms with Crippen molar-refractivity contribution in [2.75, 3.05) is 33.3 Å². The highest BCUT2D eigenvalue weighted by atomic mass is 16.5. The number of nitrogens with zero attached hydrogens (tertiary/aromatic N) is 2. The summed E-state index contributed by atoms with van der Waals surface area (Å²) < 4.78 is 4.72. The number of fused-ring (bicyclic) bond motifs is 1. The summed E-state index contributed by atoms with van der Waals surface area (Å²) in [5.74, 6) is 0.550. The quantitative estimate of drug-likeness (QED) is 0.840. The van der Waals surface area contributed by atoms with Gasteiger partial charge in [-0.15, -0.1) is 0 Å². The molecule has 1 aromatic rings. The first-order chi connectivity index (χ1) is 10.7. The van der Waals surface area contributed by atoms with Crippen LogP contribution in [0, 0.1) is 0 Å². The van der Waals surface area contributed by atoms with Crippen LogP contribution in [0.4, 0.5) is 4.79 Å². The van der Waals surface area contributed by atoms with Gasteiger partial charge in [-0.3, -0.25) is 4.79 Å². The molecule has 1 unspecified atom stereocenters. The number of carbonyl (C=O) groups is 2. The number of methoxy groups -OCH3 is 1. The second kappa shape index (κ2) is 6.38. The van der Waals surface area contributed by atoms with Crippen LogP contribution in [0.3, 0.4) is 0 Å². The van der Waals surface area contributed by atoms with Gasteiger partial charge < -0.3 is 14.5 Å². The van der Waals surface area contributed by atoms with E-state index in [1.807, 2.05) is 4.90 Å². The molecule has 22 heavy (non-hydrogen) atoms. The molecule has 1 fully saturated rings. The number of piperazine rings is 1. The summed E-state index contributed by atoms with van der Waals surface area (Å²) in [6.07, 6.45) is 2.41. The maximum atomic E-state index is 12.5. The number of aryl methyl sites for hydroxylation is 1. The molecular weight excluding hydrogens is 280 g/mol. The van der Waals surface area contributed by atoms with Gasteiger partial charge in [-0.05, 0) is 29.9 Å². The molecule has 1 aromatic carbocycles. The fraction of sp³-hybridized carbons (Fsp3) is 0.529. The van der Waals surface area contributed by atoms with Crippen LogP contribution in [0.1, 0.15) is 29.9 Å². The van der Waals surface area contributed by atoms with Crippen molar-refractivity contribution in [2.45, 2.75) is 25.2 Å². The summed E-state index contributed by atoms with van der Waals surface area (Å²) in [5.41, 5.74) is 2.72. The van der Waals surface area contributed by atoms with Crippen molar-refractivity contribution in [3.8, 4) is 0 Å².